The van der Waals surface area contributed by atoms with Gasteiger partial charge in [-0.15, -0.1) is 8.58 Å². The zero-order valence-corrected chi connectivity index (χ0v) is 9.37. The Morgan fingerprint density at radius 2 is 1.17 bits per heavy atom. The van der Waals surface area contributed by atoms with Crippen molar-refractivity contribution in [3.63, 3.8) is 0 Å². The molecule has 0 rings (SSSR count). The molecule has 0 N–H and O–H groups in total. The van der Waals surface area contributed by atoms with Crippen LogP contribution in [0, 0.1) is 0 Å². The summed E-state index contributed by atoms with van der Waals surface area (Å²) in [7, 11) is 1.08. The zero-order chi connectivity index (χ0) is 5.41. The summed E-state index contributed by atoms with van der Waals surface area (Å²) in [6.45, 7) is 4.31. The van der Waals surface area contributed by atoms with Gasteiger partial charge in [0.05, 0.1) is 0 Å². The Labute approximate surface area is 54.2 Å². The van der Waals surface area contributed by atoms with Crippen LogP contribution in [0.25, 0.3) is 0 Å². The average molecular weight is 207 g/mol. The second-order valence-corrected chi connectivity index (χ2v) is 5.37. The molecule has 0 unspecified atom stereocenters. The van der Waals surface area contributed by atoms with E-state index < -0.39 is 0 Å². The fraction of sp³-hybridized carbons (Fsp3) is 1.00. The first-order valence-corrected chi connectivity index (χ1v) is 10.7. The van der Waals surface area contributed by atoms with Crippen LogP contribution in [0.1, 0.15) is 0 Å². The Bertz CT molecular complexity index is 9.51. The Kier molecular flexibility index (Phi) is 27.9. The maximum atomic E-state index is 2.32. The molecule has 0 aromatic rings. The molecule has 37 valence electrons. The van der Waals surface area contributed by atoms with E-state index in [2.05, 4.69) is 22.7 Å². The minimum absolute atomic E-state index is 0.110. The first-order valence-electron chi connectivity index (χ1n) is 2.15. The molecule has 6 heavy (non-hydrogen) atoms. The van der Waals surface area contributed by atoms with Gasteiger partial charge in [-0.3, -0.25) is 0 Å². The Morgan fingerprint density at radius 3 is 1.17 bits per heavy atom. The molecule has 0 fully saturated rings. The van der Waals surface area contributed by atoms with E-state index >= 15 is 0 Å². The van der Waals surface area contributed by atoms with Crippen molar-refractivity contribution in [2.45, 2.75) is 9.36 Å². The van der Waals surface area contributed by atoms with Gasteiger partial charge in [0.2, 0.25) is 0 Å². The van der Waals surface area contributed by atoms with E-state index in [1.54, 1.807) is 0 Å². The van der Waals surface area contributed by atoms with E-state index in [1.165, 1.54) is 0 Å². The fourth-order valence-electron chi connectivity index (χ4n) is 0. The normalized spacial score (nSPS) is 5.33. The molecule has 0 aliphatic rings. The van der Waals surface area contributed by atoms with Gasteiger partial charge >= 0.3 is 32.3 Å². The van der Waals surface area contributed by atoms with Gasteiger partial charge in [0, 0.05) is 0 Å². The maximum absolute atomic E-state index is 2.32. The number of hydrogen-bond donors (Lipinski definition) is 0. The SMILES string of the molecule is CPC.[CH3][In][CH3]. The molecule has 0 aromatic carbocycles. The Balaban J connectivity index is 0. The first-order chi connectivity index (χ1) is 2.83. The van der Waals surface area contributed by atoms with E-state index in [1.807, 2.05) is 0 Å². The summed E-state index contributed by atoms with van der Waals surface area (Å²) in [5.41, 5.74) is 0. The van der Waals surface area contributed by atoms with Crippen LogP contribution in [-0.4, -0.2) is 36.2 Å². The van der Waals surface area contributed by atoms with Crippen molar-refractivity contribution in [2.24, 2.45) is 0 Å². The summed E-state index contributed by atoms with van der Waals surface area (Å²) in [4.78, 5) is 0. The first kappa shape index (κ1) is 10.3. The van der Waals surface area contributed by atoms with Gasteiger partial charge < -0.3 is 0 Å². The van der Waals surface area contributed by atoms with E-state index in [4.69, 9.17) is 0 Å². The van der Waals surface area contributed by atoms with Gasteiger partial charge in [-0.25, -0.2) is 0 Å². The molecule has 0 atom stereocenters. The van der Waals surface area contributed by atoms with Gasteiger partial charge in [0.1, 0.15) is 0 Å². The average Bonchev–Trinajstić information content (AvgIpc) is 1.39. The second-order valence-electron chi connectivity index (χ2n) is 1.08. The van der Waals surface area contributed by atoms with Crippen molar-refractivity contribution < 1.29 is 0 Å². The monoisotopic (exact) mass is 207 g/mol. The van der Waals surface area contributed by atoms with E-state index in [0.29, 0.717) is 0 Å². The third-order valence-corrected chi connectivity index (χ3v) is 0. The van der Waals surface area contributed by atoms with Crippen molar-refractivity contribution in [1.29, 1.82) is 0 Å². The molecule has 0 aliphatic carbocycles. The Morgan fingerprint density at radius 1 is 1.17 bits per heavy atom. The third-order valence-electron chi connectivity index (χ3n) is 0. The van der Waals surface area contributed by atoms with Crippen LogP contribution in [0.15, 0.2) is 0 Å². The van der Waals surface area contributed by atoms with Crippen LogP contribution in [-0.2, 0) is 0 Å². The van der Waals surface area contributed by atoms with Crippen LogP contribution in [0.4, 0.5) is 0 Å². The standard InChI is InChI=1S/C2H7P.2CH3.In/c1-3-2;;;/h3H,1-2H3;2*1H3;. The molecular formula is C4H13InP. The van der Waals surface area contributed by atoms with Gasteiger partial charge in [-0.2, -0.15) is 0 Å². The van der Waals surface area contributed by atoms with Crippen LogP contribution in [0.3, 0.4) is 0 Å². The van der Waals surface area contributed by atoms with Gasteiger partial charge in [-0.1, -0.05) is 0 Å². The third kappa shape index (κ3) is 58.0. The van der Waals surface area contributed by atoms with Crippen molar-refractivity contribution in [3.8, 4) is 0 Å². The summed E-state index contributed by atoms with van der Waals surface area (Å²) >= 11 is 0.110. The van der Waals surface area contributed by atoms with E-state index in [-0.39, 0.29) is 22.9 Å². The fourth-order valence-corrected chi connectivity index (χ4v) is 0. The number of hydrogen-bond acceptors (Lipinski definition) is 0. The molecule has 2 heteroatoms. The van der Waals surface area contributed by atoms with Crippen molar-refractivity contribution >= 4 is 31.5 Å². The molecule has 0 saturated heterocycles. The van der Waals surface area contributed by atoms with Crippen molar-refractivity contribution in [3.05, 3.63) is 0 Å². The summed E-state index contributed by atoms with van der Waals surface area (Å²) in [6.07, 6.45) is 0. The van der Waals surface area contributed by atoms with Crippen molar-refractivity contribution in [2.75, 3.05) is 13.3 Å². The molecule has 0 aliphatic heterocycles. The molecule has 0 bridgehead atoms. The summed E-state index contributed by atoms with van der Waals surface area (Å²) in [5, 5.41) is 0. The quantitative estimate of drug-likeness (QED) is 0.530. The van der Waals surface area contributed by atoms with Crippen LogP contribution in [0.2, 0.25) is 9.36 Å². The van der Waals surface area contributed by atoms with E-state index in [0.717, 1.165) is 8.58 Å². The van der Waals surface area contributed by atoms with Gasteiger partial charge in [0.25, 0.3) is 0 Å². The second kappa shape index (κ2) is 16.3. The minimum atomic E-state index is 0.110. The van der Waals surface area contributed by atoms with E-state index in [9.17, 15) is 0 Å². The molecule has 0 aromatic heterocycles. The predicted octanol–water partition coefficient (Wildman–Crippen LogP) is 1.71. The number of rotatable bonds is 0. The topological polar surface area (TPSA) is 0 Å². The summed E-state index contributed by atoms with van der Waals surface area (Å²) in [6, 6.07) is 0. The molecule has 0 amide bonds. The predicted molar refractivity (Wildman–Crippen MR) is 37.6 cm³/mol. The van der Waals surface area contributed by atoms with Gasteiger partial charge in [0.15, 0.2) is 0 Å². The summed E-state index contributed by atoms with van der Waals surface area (Å²) < 4.78 is 4.63. The molecular weight excluding hydrogens is 194 g/mol. The van der Waals surface area contributed by atoms with Crippen molar-refractivity contribution in [1.82, 2.24) is 0 Å². The van der Waals surface area contributed by atoms with Crippen LogP contribution >= 0.6 is 8.58 Å². The molecule has 0 heterocycles. The molecule has 0 spiro atoms. The summed E-state index contributed by atoms with van der Waals surface area (Å²) in [5.74, 6) is 0. The molecule has 1 radical (unpaired) electrons. The molecule has 0 nitrogen and oxygen atoms in total. The van der Waals surface area contributed by atoms with Crippen LogP contribution < -0.4 is 0 Å². The van der Waals surface area contributed by atoms with Gasteiger partial charge in [-0.05, 0) is 13.3 Å². The zero-order valence-electron chi connectivity index (χ0n) is 5.08. The van der Waals surface area contributed by atoms with Crippen LogP contribution in [0.5, 0.6) is 0 Å². The Hall–Kier alpha value is 1.30. The molecule has 0 saturated carbocycles.